The van der Waals surface area contributed by atoms with Crippen LogP contribution in [0.4, 0.5) is 13.2 Å². The Morgan fingerprint density at radius 2 is 1.89 bits per heavy atom. The van der Waals surface area contributed by atoms with Crippen molar-refractivity contribution in [2.45, 2.75) is 59.0 Å². The van der Waals surface area contributed by atoms with Gasteiger partial charge in [-0.2, -0.15) is 23.4 Å². The van der Waals surface area contributed by atoms with Gasteiger partial charge in [0.1, 0.15) is 0 Å². The Balaban J connectivity index is 0.000000540. The summed E-state index contributed by atoms with van der Waals surface area (Å²) in [5, 5.41) is 19.1. The molecule has 13 heteroatoms. The van der Waals surface area contributed by atoms with Gasteiger partial charge in [-0.1, -0.05) is 0 Å². The topological polar surface area (TPSA) is 109 Å². The van der Waals surface area contributed by atoms with Gasteiger partial charge in [0.2, 0.25) is 0 Å². The van der Waals surface area contributed by atoms with Crippen molar-refractivity contribution in [3.8, 4) is 0 Å². The number of carbonyl (C=O) groups is 2. The molecule has 0 saturated carbocycles. The molecule has 0 aliphatic carbocycles. The molecule has 0 radical (unpaired) electrons. The number of carbonyl (C=O) groups excluding carboxylic acids is 1. The molecule has 1 atom stereocenters. The maximum absolute atomic E-state index is 12.9. The van der Waals surface area contributed by atoms with Gasteiger partial charge in [-0.05, 0) is 41.3 Å². The molecule has 2 aromatic heterocycles. The van der Waals surface area contributed by atoms with Crippen molar-refractivity contribution in [2.75, 3.05) is 27.2 Å². The first-order chi connectivity index (χ1) is 16.2. The lowest BCUT2D eigenvalue weighted by Gasteiger charge is -2.20. The van der Waals surface area contributed by atoms with Crippen LogP contribution in [0.2, 0.25) is 0 Å². The van der Waals surface area contributed by atoms with Crippen LogP contribution in [0.3, 0.4) is 0 Å². The molecule has 196 valence electrons. The predicted octanol–water partition coefficient (Wildman–Crippen LogP) is 1.95. The van der Waals surface area contributed by atoms with Crippen LogP contribution in [0.1, 0.15) is 46.3 Å². The number of likely N-dealkylation sites (N-methyl/N-ethyl adjacent to an activating group) is 1. The number of carboxylic acid groups (broad SMARTS) is 1. The number of hydrogen-bond acceptors (Lipinski definition) is 6. The SMILES string of the molecule is CCn1nc(C)c(CNC(=O)c2nn(C)cc2CN2CCC(N(C)C)C2)c1C.O=C(O)C(F)(F)F. The molecule has 1 amide bonds. The number of alkyl halides is 3. The Hall–Kier alpha value is -2.93. The molecule has 3 heterocycles. The Bertz CT molecular complexity index is 1030. The van der Waals surface area contributed by atoms with E-state index in [2.05, 4.69) is 46.3 Å². The maximum atomic E-state index is 12.9. The van der Waals surface area contributed by atoms with Crippen molar-refractivity contribution in [3.63, 3.8) is 0 Å². The molecule has 35 heavy (non-hydrogen) atoms. The van der Waals surface area contributed by atoms with E-state index in [0.717, 1.165) is 55.1 Å². The first-order valence-corrected chi connectivity index (χ1v) is 11.3. The zero-order valence-electron chi connectivity index (χ0n) is 21.0. The highest BCUT2D eigenvalue weighted by molar-refractivity contribution is 5.93. The second-order valence-corrected chi connectivity index (χ2v) is 8.77. The van der Waals surface area contributed by atoms with Gasteiger partial charge in [-0.3, -0.25) is 19.1 Å². The van der Waals surface area contributed by atoms with Crippen molar-refractivity contribution in [1.29, 1.82) is 0 Å². The second kappa shape index (κ2) is 11.7. The number of nitrogens with one attached hydrogen (secondary N) is 1. The van der Waals surface area contributed by atoms with Crippen LogP contribution in [0.5, 0.6) is 0 Å². The first kappa shape index (κ1) is 28.3. The van der Waals surface area contributed by atoms with Gasteiger partial charge >= 0.3 is 12.1 Å². The van der Waals surface area contributed by atoms with Gasteiger partial charge in [0.05, 0.1) is 5.69 Å². The number of amides is 1. The first-order valence-electron chi connectivity index (χ1n) is 11.3. The standard InChI is InChI=1S/C20H33N7O.C2HF3O2/c1-7-27-15(3)18(14(2)22-27)10-21-20(28)19-16(11-25(6)23-19)12-26-9-8-17(13-26)24(4)5;3-2(4,5)1(6)7/h11,17H,7-10,12-13H2,1-6H3,(H,21,28);(H,6,7). The lowest BCUT2D eigenvalue weighted by Crippen LogP contribution is -2.31. The van der Waals surface area contributed by atoms with Crippen LogP contribution < -0.4 is 5.32 Å². The Morgan fingerprint density at radius 1 is 1.26 bits per heavy atom. The van der Waals surface area contributed by atoms with E-state index in [1.54, 1.807) is 4.68 Å². The van der Waals surface area contributed by atoms with Crippen LogP contribution in [-0.2, 0) is 31.5 Å². The molecular formula is C22H34F3N7O3. The number of aromatic nitrogens is 4. The highest BCUT2D eigenvalue weighted by atomic mass is 19.4. The van der Waals surface area contributed by atoms with E-state index in [4.69, 9.17) is 9.90 Å². The Kier molecular flexibility index (Phi) is 9.44. The smallest absolute Gasteiger partial charge is 0.475 e. The molecule has 0 spiro atoms. The van der Waals surface area contributed by atoms with Crippen molar-refractivity contribution in [2.24, 2.45) is 7.05 Å². The largest absolute Gasteiger partial charge is 0.490 e. The average molecular weight is 502 g/mol. The Morgan fingerprint density at radius 3 is 2.37 bits per heavy atom. The summed E-state index contributed by atoms with van der Waals surface area (Å²) < 4.78 is 35.4. The molecule has 1 aliphatic heterocycles. The monoisotopic (exact) mass is 501 g/mol. The second-order valence-electron chi connectivity index (χ2n) is 8.77. The molecule has 1 fully saturated rings. The minimum absolute atomic E-state index is 0.123. The van der Waals surface area contributed by atoms with E-state index >= 15 is 0 Å². The summed E-state index contributed by atoms with van der Waals surface area (Å²) >= 11 is 0. The number of hydrogen-bond donors (Lipinski definition) is 2. The van der Waals surface area contributed by atoms with Crippen LogP contribution in [0.15, 0.2) is 6.20 Å². The molecule has 2 N–H and O–H groups in total. The normalized spacial score (nSPS) is 16.3. The van der Waals surface area contributed by atoms with Gasteiger partial charge in [0.15, 0.2) is 5.69 Å². The summed E-state index contributed by atoms with van der Waals surface area (Å²) in [6.07, 6.45) is -1.96. The number of nitrogens with zero attached hydrogens (tertiary/aromatic N) is 6. The maximum Gasteiger partial charge on any atom is 0.490 e. The van der Waals surface area contributed by atoms with Crippen molar-refractivity contribution < 1.29 is 27.9 Å². The zero-order chi connectivity index (χ0) is 26.5. The number of halogens is 3. The summed E-state index contributed by atoms with van der Waals surface area (Å²) in [5.74, 6) is -2.88. The summed E-state index contributed by atoms with van der Waals surface area (Å²) in [6, 6.07) is 0.579. The molecule has 0 aromatic carbocycles. The third-order valence-electron chi connectivity index (χ3n) is 5.99. The summed E-state index contributed by atoms with van der Waals surface area (Å²) in [4.78, 5) is 26.4. The molecule has 10 nitrogen and oxygen atoms in total. The van der Waals surface area contributed by atoms with Gasteiger partial charge < -0.3 is 15.3 Å². The predicted molar refractivity (Wildman–Crippen MR) is 123 cm³/mol. The van der Waals surface area contributed by atoms with Crippen molar-refractivity contribution in [3.05, 3.63) is 34.4 Å². The van der Waals surface area contributed by atoms with E-state index in [-0.39, 0.29) is 5.91 Å². The summed E-state index contributed by atoms with van der Waals surface area (Å²) in [6.45, 7) is 10.2. The van der Waals surface area contributed by atoms with E-state index in [0.29, 0.717) is 18.3 Å². The summed E-state index contributed by atoms with van der Waals surface area (Å²) in [7, 11) is 6.12. The van der Waals surface area contributed by atoms with Crippen LogP contribution >= 0.6 is 0 Å². The fourth-order valence-corrected chi connectivity index (χ4v) is 4.01. The Labute approximate surface area is 202 Å². The lowest BCUT2D eigenvalue weighted by atomic mass is 10.2. The third-order valence-corrected chi connectivity index (χ3v) is 5.99. The van der Waals surface area contributed by atoms with E-state index in [1.807, 2.05) is 31.8 Å². The molecule has 1 saturated heterocycles. The molecule has 1 aliphatic rings. The van der Waals surface area contributed by atoms with Crippen LogP contribution in [0, 0.1) is 13.8 Å². The van der Waals surface area contributed by atoms with Crippen LogP contribution in [0.25, 0.3) is 0 Å². The van der Waals surface area contributed by atoms with Crippen LogP contribution in [-0.4, -0.2) is 85.7 Å². The fourth-order valence-electron chi connectivity index (χ4n) is 4.01. The quantitative estimate of drug-likeness (QED) is 0.597. The molecule has 3 rings (SSSR count). The third kappa shape index (κ3) is 7.52. The molecule has 2 aromatic rings. The highest BCUT2D eigenvalue weighted by Crippen LogP contribution is 2.19. The minimum atomic E-state index is -5.08. The lowest BCUT2D eigenvalue weighted by molar-refractivity contribution is -0.192. The van der Waals surface area contributed by atoms with Gasteiger partial charge in [-0.15, -0.1) is 0 Å². The van der Waals surface area contributed by atoms with Gasteiger partial charge in [-0.25, -0.2) is 4.79 Å². The van der Waals surface area contributed by atoms with Crippen molar-refractivity contribution in [1.82, 2.24) is 34.7 Å². The zero-order valence-corrected chi connectivity index (χ0v) is 21.0. The number of likely N-dealkylation sites (tertiary alicyclic amines) is 1. The molecular weight excluding hydrogens is 467 g/mol. The number of rotatable bonds is 7. The minimum Gasteiger partial charge on any atom is -0.475 e. The fraction of sp³-hybridized carbons (Fsp3) is 0.636. The number of aliphatic carboxylic acids is 1. The van der Waals surface area contributed by atoms with E-state index in [1.165, 1.54) is 0 Å². The molecule has 0 bridgehead atoms. The molecule has 1 unspecified atom stereocenters. The van der Waals surface area contributed by atoms with E-state index in [9.17, 15) is 18.0 Å². The number of carboxylic acids is 1. The number of aryl methyl sites for hydroxylation is 3. The average Bonchev–Trinajstić information content (AvgIpc) is 3.44. The van der Waals surface area contributed by atoms with E-state index < -0.39 is 12.1 Å². The highest BCUT2D eigenvalue weighted by Gasteiger charge is 2.38. The van der Waals surface area contributed by atoms with Gasteiger partial charge in [0.25, 0.3) is 5.91 Å². The van der Waals surface area contributed by atoms with Crippen molar-refractivity contribution >= 4 is 11.9 Å². The van der Waals surface area contributed by atoms with Gasteiger partial charge in [0, 0.05) is 68.8 Å². The summed E-state index contributed by atoms with van der Waals surface area (Å²) in [5.41, 5.74) is 4.66.